The molecule has 0 heterocycles. The van der Waals surface area contributed by atoms with Crippen molar-refractivity contribution >= 4 is 21.6 Å². The number of aliphatic hydroxyl groups excluding tert-OH is 1. The highest BCUT2D eigenvalue weighted by Crippen LogP contribution is 2.61. The van der Waals surface area contributed by atoms with Crippen LogP contribution in [0.2, 0.25) is 5.02 Å². The maximum Gasteiger partial charge on any atom is 0.242 e. The molecule has 1 aromatic carbocycles. The van der Waals surface area contributed by atoms with Crippen LogP contribution in [0.25, 0.3) is 0 Å². The van der Waals surface area contributed by atoms with E-state index in [1.165, 1.54) is 6.07 Å². The zero-order valence-electron chi connectivity index (χ0n) is 10.4. The van der Waals surface area contributed by atoms with Crippen LogP contribution in [0.5, 0.6) is 0 Å². The number of aliphatic hydroxyl groups is 1. The molecular weight excluding hydrogens is 286 g/mol. The van der Waals surface area contributed by atoms with Crippen LogP contribution in [-0.4, -0.2) is 25.7 Å². The van der Waals surface area contributed by atoms with Crippen molar-refractivity contribution in [2.75, 3.05) is 6.61 Å². The van der Waals surface area contributed by atoms with Gasteiger partial charge < -0.3 is 5.11 Å². The molecule has 0 atom stereocenters. The lowest BCUT2D eigenvalue weighted by Crippen LogP contribution is -2.56. The minimum atomic E-state index is -3.59. The predicted octanol–water partition coefficient (Wildman–Crippen LogP) is 1.92. The minimum Gasteiger partial charge on any atom is -0.396 e. The highest BCUT2D eigenvalue weighted by Gasteiger charge is 2.61. The van der Waals surface area contributed by atoms with Crippen molar-refractivity contribution in [3.05, 3.63) is 29.3 Å². The Morgan fingerprint density at radius 1 is 1.26 bits per heavy atom. The predicted molar refractivity (Wildman–Crippen MR) is 72.5 cm³/mol. The number of fused-ring (bicyclic) bond motifs is 1. The molecule has 1 aromatic rings. The quantitative estimate of drug-likeness (QED) is 0.893. The first-order valence-corrected chi connectivity index (χ1v) is 8.16. The summed E-state index contributed by atoms with van der Waals surface area (Å²) in [6.45, 7) is 0.141. The topological polar surface area (TPSA) is 66.4 Å². The lowest BCUT2D eigenvalue weighted by atomic mass is 9.66. The van der Waals surface area contributed by atoms with Crippen molar-refractivity contribution < 1.29 is 13.5 Å². The van der Waals surface area contributed by atoms with Crippen LogP contribution in [0.3, 0.4) is 0 Å². The van der Waals surface area contributed by atoms with Gasteiger partial charge in [0.2, 0.25) is 10.0 Å². The smallest absolute Gasteiger partial charge is 0.242 e. The normalized spacial score (nSPS) is 33.2. The average molecular weight is 302 g/mol. The van der Waals surface area contributed by atoms with E-state index in [-0.39, 0.29) is 27.5 Å². The van der Waals surface area contributed by atoms with Gasteiger partial charge in [-0.05, 0) is 43.2 Å². The summed E-state index contributed by atoms with van der Waals surface area (Å²) >= 11 is 5.95. The van der Waals surface area contributed by atoms with Gasteiger partial charge in [-0.3, -0.25) is 0 Å². The van der Waals surface area contributed by atoms with Gasteiger partial charge in [0.25, 0.3) is 0 Å². The lowest BCUT2D eigenvalue weighted by Gasteiger charge is -2.46. The van der Waals surface area contributed by atoms with Crippen LogP contribution in [0.15, 0.2) is 29.2 Å². The maximum atomic E-state index is 12.4. The number of sulfonamides is 1. The number of nitrogens with one attached hydrogen (secondary N) is 1. The summed E-state index contributed by atoms with van der Waals surface area (Å²) < 4.78 is 27.5. The van der Waals surface area contributed by atoms with Gasteiger partial charge in [0.05, 0.1) is 5.02 Å². The van der Waals surface area contributed by atoms with Crippen LogP contribution < -0.4 is 4.72 Å². The highest BCUT2D eigenvalue weighted by molar-refractivity contribution is 7.89. The molecule has 0 amide bonds. The summed E-state index contributed by atoms with van der Waals surface area (Å²) in [5.41, 5.74) is -0.427. The van der Waals surface area contributed by atoms with Crippen molar-refractivity contribution in [3.8, 4) is 0 Å². The molecule has 3 aliphatic rings. The molecule has 2 N–H and O–H groups in total. The summed E-state index contributed by atoms with van der Waals surface area (Å²) in [7, 11) is -3.59. The van der Waals surface area contributed by atoms with Gasteiger partial charge in [-0.1, -0.05) is 23.7 Å². The van der Waals surface area contributed by atoms with E-state index < -0.39 is 10.0 Å². The third kappa shape index (κ3) is 2.09. The lowest BCUT2D eigenvalue weighted by molar-refractivity contribution is 0.0336. The maximum absolute atomic E-state index is 12.4. The molecule has 0 aromatic heterocycles. The minimum absolute atomic E-state index is 0.0526. The Morgan fingerprint density at radius 3 is 2.53 bits per heavy atom. The summed E-state index contributed by atoms with van der Waals surface area (Å²) in [5.74, 6) is 0. The van der Waals surface area contributed by atoms with Gasteiger partial charge >= 0.3 is 0 Å². The van der Waals surface area contributed by atoms with E-state index in [9.17, 15) is 13.5 Å². The second-order valence-corrected chi connectivity index (χ2v) is 7.89. The fraction of sp³-hybridized carbons (Fsp3) is 0.538. The Kier molecular flexibility index (Phi) is 2.94. The summed E-state index contributed by atoms with van der Waals surface area (Å²) in [6, 6.07) is 6.44. The zero-order chi connectivity index (χ0) is 13.7. The molecule has 3 aliphatic carbocycles. The van der Waals surface area contributed by atoms with E-state index in [1.54, 1.807) is 18.2 Å². The first kappa shape index (κ1) is 13.4. The van der Waals surface area contributed by atoms with E-state index in [0.717, 1.165) is 25.7 Å². The van der Waals surface area contributed by atoms with E-state index in [2.05, 4.69) is 4.72 Å². The van der Waals surface area contributed by atoms with Gasteiger partial charge in [-0.2, -0.15) is 0 Å². The first-order valence-electron chi connectivity index (χ1n) is 6.30. The summed E-state index contributed by atoms with van der Waals surface area (Å²) in [5, 5.41) is 9.57. The highest BCUT2D eigenvalue weighted by atomic mass is 35.5. The van der Waals surface area contributed by atoms with Crippen LogP contribution in [0.1, 0.15) is 25.7 Å². The fourth-order valence-electron chi connectivity index (χ4n) is 3.56. The number of halogens is 1. The Bertz CT molecular complexity index is 608. The Hall–Kier alpha value is -0.620. The Labute approximate surface area is 117 Å². The van der Waals surface area contributed by atoms with E-state index in [1.807, 2.05) is 0 Å². The van der Waals surface area contributed by atoms with Crippen molar-refractivity contribution in [2.45, 2.75) is 36.1 Å². The molecule has 3 saturated carbocycles. The number of hydrogen-bond acceptors (Lipinski definition) is 3. The van der Waals surface area contributed by atoms with Crippen molar-refractivity contribution in [1.29, 1.82) is 0 Å². The number of rotatable bonds is 4. The molecule has 3 fully saturated rings. The molecular formula is C13H16ClNO3S. The average Bonchev–Trinajstić information content (AvgIpc) is 2.84. The van der Waals surface area contributed by atoms with E-state index in [0.29, 0.717) is 0 Å². The molecule has 0 radical (unpaired) electrons. The number of benzene rings is 1. The Morgan fingerprint density at radius 2 is 1.95 bits per heavy atom. The first-order chi connectivity index (χ1) is 8.90. The number of hydrogen-bond donors (Lipinski definition) is 2. The van der Waals surface area contributed by atoms with Crippen LogP contribution >= 0.6 is 11.6 Å². The van der Waals surface area contributed by atoms with Gasteiger partial charge in [0.15, 0.2) is 0 Å². The second-order valence-electron chi connectivity index (χ2n) is 5.83. The largest absolute Gasteiger partial charge is 0.396 e. The molecule has 104 valence electrons. The summed E-state index contributed by atoms with van der Waals surface area (Å²) in [6.07, 6.45) is 3.12. The van der Waals surface area contributed by atoms with Gasteiger partial charge in [-0.25, -0.2) is 13.1 Å². The third-order valence-electron chi connectivity index (χ3n) is 4.37. The van der Waals surface area contributed by atoms with Crippen molar-refractivity contribution in [1.82, 2.24) is 4.72 Å². The van der Waals surface area contributed by atoms with Crippen LogP contribution in [-0.2, 0) is 10.0 Å². The third-order valence-corrected chi connectivity index (χ3v) is 6.45. The molecule has 4 rings (SSSR count). The Balaban J connectivity index is 1.83. The van der Waals surface area contributed by atoms with Crippen molar-refractivity contribution in [3.63, 3.8) is 0 Å². The van der Waals surface area contributed by atoms with Gasteiger partial charge in [0.1, 0.15) is 4.90 Å². The second kappa shape index (κ2) is 4.19. The fourth-order valence-corrected chi connectivity index (χ4v) is 5.51. The molecule has 6 heteroatoms. The van der Waals surface area contributed by atoms with Gasteiger partial charge in [0, 0.05) is 12.1 Å². The van der Waals surface area contributed by atoms with E-state index in [4.69, 9.17) is 11.6 Å². The van der Waals surface area contributed by atoms with Crippen LogP contribution in [0.4, 0.5) is 0 Å². The standard InChI is InChI=1S/C13H16ClNO3S/c14-10-3-1-2-4-11(10)19(17,18)15-13-6-5-12(7-13,8-13)9-16/h1-4,15-16H,5-9H2. The van der Waals surface area contributed by atoms with Crippen molar-refractivity contribution in [2.24, 2.45) is 5.41 Å². The molecule has 19 heavy (non-hydrogen) atoms. The summed E-state index contributed by atoms with van der Waals surface area (Å²) in [4.78, 5) is 0.124. The molecule has 4 nitrogen and oxygen atoms in total. The molecule has 0 unspecified atom stereocenters. The van der Waals surface area contributed by atoms with E-state index >= 15 is 0 Å². The molecule has 0 spiro atoms. The van der Waals surface area contributed by atoms with Gasteiger partial charge in [-0.15, -0.1) is 0 Å². The monoisotopic (exact) mass is 301 g/mol. The zero-order valence-corrected chi connectivity index (χ0v) is 12.0. The molecule has 0 aliphatic heterocycles. The SMILES string of the molecule is O=S(=O)(NC12CCC(CO)(C1)C2)c1ccccc1Cl. The van der Waals surface area contributed by atoms with Crippen LogP contribution in [0, 0.1) is 5.41 Å². The molecule has 0 saturated heterocycles. The molecule has 2 bridgehead atoms.